The van der Waals surface area contributed by atoms with E-state index in [9.17, 15) is 8.42 Å². The third-order valence-electron chi connectivity index (χ3n) is 4.96. The molecule has 0 amide bonds. The Balaban J connectivity index is 1.84. The van der Waals surface area contributed by atoms with E-state index in [4.69, 9.17) is 4.74 Å². The molecule has 1 aliphatic carbocycles. The van der Waals surface area contributed by atoms with Gasteiger partial charge in [-0.2, -0.15) is 0 Å². The lowest BCUT2D eigenvalue weighted by atomic mass is 9.96. The van der Waals surface area contributed by atoms with Crippen molar-refractivity contribution in [2.45, 2.75) is 31.2 Å². The Bertz CT molecular complexity index is 997. The van der Waals surface area contributed by atoms with Crippen LogP contribution in [-0.4, -0.2) is 42.7 Å². The first-order valence-electron chi connectivity index (χ1n) is 9.19. The molecule has 0 N–H and O–H groups in total. The lowest BCUT2D eigenvalue weighted by molar-refractivity contribution is 0.298. The van der Waals surface area contributed by atoms with E-state index in [-0.39, 0.29) is 5.75 Å². The number of nitrogens with zero attached hydrogens (tertiary/aromatic N) is 3. The molecule has 0 radical (unpaired) electrons. The summed E-state index contributed by atoms with van der Waals surface area (Å²) in [5.41, 5.74) is 3.46. The molecule has 1 saturated carbocycles. The molecule has 6 nitrogen and oxygen atoms in total. The minimum absolute atomic E-state index is 0.0619. The number of hydrogen-bond acceptors (Lipinski definition) is 6. The minimum Gasteiger partial charge on any atom is -0.493 e. The van der Waals surface area contributed by atoms with E-state index in [0.29, 0.717) is 29.7 Å². The fourth-order valence-electron chi connectivity index (χ4n) is 3.21. The lowest BCUT2D eigenvalue weighted by Crippen LogP contribution is -2.19. The highest BCUT2D eigenvalue weighted by Crippen LogP contribution is 2.37. The standard InChI is InChI=1S/C20H23N3O3S/c1-3-27(24,25)16-6-7-19(26-12-14-4-5-14)17(8-16)18-11-23(2)10-15-9-21-13-22-20(15)18/h6-9,11,13-14H,3-5,10,12H2,1-2H3. The fourth-order valence-corrected chi connectivity index (χ4v) is 4.11. The molecule has 0 bridgehead atoms. The molecule has 1 aliphatic heterocycles. The van der Waals surface area contributed by atoms with Crippen LogP contribution in [0.2, 0.25) is 0 Å². The number of benzene rings is 1. The predicted molar refractivity (Wildman–Crippen MR) is 103 cm³/mol. The first-order chi connectivity index (χ1) is 13.0. The maximum Gasteiger partial charge on any atom is 0.178 e. The molecule has 4 rings (SSSR count). The summed E-state index contributed by atoms with van der Waals surface area (Å²) in [6.07, 6.45) is 7.72. The quantitative estimate of drug-likeness (QED) is 0.761. The van der Waals surface area contributed by atoms with Gasteiger partial charge in [0.05, 0.1) is 22.9 Å². The van der Waals surface area contributed by atoms with E-state index in [1.807, 2.05) is 24.3 Å². The molecule has 0 spiro atoms. The topological polar surface area (TPSA) is 72.4 Å². The SMILES string of the molecule is CCS(=O)(=O)c1ccc(OCC2CC2)c(C2=CN(C)Cc3cncnc32)c1. The van der Waals surface area contributed by atoms with Crippen molar-refractivity contribution in [3.63, 3.8) is 0 Å². The van der Waals surface area contributed by atoms with Crippen LogP contribution in [0.1, 0.15) is 36.6 Å². The summed E-state index contributed by atoms with van der Waals surface area (Å²) >= 11 is 0. The Labute approximate surface area is 159 Å². The Hall–Kier alpha value is -2.41. The molecule has 142 valence electrons. The smallest absolute Gasteiger partial charge is 0.178 e. The average Bonchev–Trinajstić information content (AvgIpc) is 3.50. The van der Waals surface area contributed by atoms with Crippen molar-refractivity contribution in [3.8, 4) is 5.75 Å². The van der Waals surface area contributed by atoms with Gasteiger partial charge in [0.1, 0.15) is 12.1 Å². The second kappa shape index (κ2) is 6.96. The van der Waals surface area contributed by atoms with E-state index in [0.717, 1.165) is 22.4 Å². The summed E-state index contributed by atoms with van der Waals surface area (Å²) in [5, 5.41) is 0. The first kappa shape index (κ1) is 18.0. The van der Waals surface area contributed by atoms with Gasteiger partial charge in [-0.15, -0.1) is 0 Å². The zero-order valence-electron chi connectivity index (χ0n) is 15.6. The van der Waals surface area contributed by atoms with Gasteiger partial charge in [0, 0.05) is 42.7 Å². The molecule has 7 heteroatoms. The molecule has 2 aliphatic rings. The van der Waals surface area contributed by atoms with Crippen molar-refractivity contribution in [3.05, 3.63) is 53.7 Å². The second-order valence-electron chi connectivity index (χ2n) is 7.17. The number of ether oxygens (including phenoxy) is 1. The Morgan fingerprint density at radius 1 is 1.30 bits per heavy atom. The van der Waals surface area contributed by atoms with Crippen molar-refractivity contribution in [2.75, 3.05) is 19.4 Å². The number of aromatic nitrogens is 2. The van der Waals surface area contributed by atoms with Crippen molar-refractivity contribution in [2.24, 2.45) is 5.92 Å². The normalized spacial score (nSPS) is 16.7. The van der Waals surface area contributed by atoms with Gasteiger partial charge >= 0.3 is 0 Å². The van der Waals surface area contributed by atoms with Crippen molar-refractivity contribution in [1.29, 1.82) is 0 Å². The van der Waals surface area contributed by atoms with Gasteiger partial charge in [0.25, 0.3) is 0 Å². The van der Waals surface area contributed by atoms with E-state index in [2.05, 4.69) is 9.97 Å². The third-order valence-corrected chi connectivity index (χ3v) is 6.70. The van der Waals surface area contributed by atoms with Gasteiger partial charge in [-0.1, -0.05) is 6.92 Å². The summed E-state index contributed by atoms with van der Waals surface area (Å²) in [5.74, 6) is 1.37. The second-order valence-corrected chi connectivity index (χ2v) is 9.45. The molecule has 1 aromatic heterocycles. The Kier molecular flexibility index (Phi) is 4.63. The molecule has 0 atom stereocenters. The summed E-state index contributed by atoms with van der Waals surface area (Å²) in [4.78, 5) is 10.9. The van der Waals surface area contributed by atoms with Crippen LogP contribution in [-0.2, 0) is 16.4 Å². The highest BCUT2D eigenvalue weighted by atomic mass is 32.2. The highest BCUT2D eigenvalue weighted by Gasteiger charge is 2.26. The van der Waals surface area contributed by atoms with Gasteiger partial charge in [-0.3, -0.25) is 0 Å². The first-order valence-corrected chi connectivity index (χ1v) is 10.8. The van der Waals surface area contributed by atoms with Gasteiger partial charge in [0.2, 0.25) is 0 Å². The van der Waals surface area contributed by atoms with Crippen LogP contribution < -0.4 is 4.74 Å². The molecule has 27 heavy (non-hydrogen) atoms. The van der Waals surface area contributed by atoms with Gasteiger partial charge in [-0.05, 0) is 37.0 Å². The molecular weight excluding hydrogens is 362 g/mol. The van der Waals surface area contributed by atoms with E-state index >= 15 is 0 Å². The fraction of sp³-hybridized carbons (Fsp3) is 0.400. The molecular formula is C20H23N3O3S. The maximum atomic E-state index is 12.4. The highest BCUT2D eigenvalue weighted by molar-refractivity contribution is 7.91. The summed E-state index contributed by atoms with van der Waals surface area (Å²) in [7, 11) is -1.34. The number of fused-ring (bicyclic) bond motifs is 1. The molecule has 2 aromatic rings. The van der Waals surface area contributed by atoms with Crippen LogP contribution in [0.4, 0.5) is 0 Å². The number of hydrogen-bond donors (Lipinski definition) is 0. The zero-order chi connectivity index (χ0) is 19.0. The van der Waals surface area contributed by atoms with Crippen LogP contribution in [0, 0.1) is 5.92 Å². The van der Waals surface area contributed by atoms with Crippen LogP contribution in [0.15, 0.2) is 41.8 Å². The molecule has 0 saturated heterocycles. The van der Waals surface area contributed by atoms with Crippen molar-refractivity contribution < 1.29 is 13.2 Å². The van der Waals surface area contributed by atoms with Gasteiger partial charge < -0.3 is 9.64 Å². The lowest BCUT2D eigenvalue weighted by Gasteiger charge is -2.25. The van der Waals surface area contributed by atoms with Crippen molar-refractivity contribution in [1.82, 2.24) is 14.9 Å². The maximum absolute atomic E-state index is 12.4. The Morgan fingerprint density at radius 2 is 2.11 bits per heavy atom. The number of rotatable bonds is 6. The van der Waals surface area contributed by atoms with Gasteiger partial charge in [-0.25, -0.2) is 18.4 Å². The molecule has 1 fully saturated rings. The van der Waals surface area contributed by atoms with Crippen molar-refractivity contribution >= 4 is 15.4 Å². The predicted octanol–water partition coefficient (Wildman–Crippen LogP) is 2.89. The summed E-state index contributed by atoms with van der Waals surface area (Å²) < 4.78 is 30.9. The van der Waals surface area contributed by atoms with E-state index in [1.54, 1.807) is 25.1 Å². The van der Waals surface area contributed by atoms with Gasteiger partial charge in [0.15, 0.2) is 9.84 Å². The van der Waals surface area contributed by atoms with E-state index in [1.165, 1.54) is 19.2 Å². The summed E-state index contributed by atoms with van der Waals surface area (Å²) in [6, 6.07) is 5.13. The van der Waals surface area contributed by atoms with Crippen LogP contribution in [0.3, 0.4) is 0 Å². The average molecular weight is 385 g/mol. The molecule has 0 unspecified atom stereocenters. The largest absolute Gasteiger partial charge is 0.493 e. The molecule has 2 heterocycles. The zero-order valence-corrected chi connectivity index (χ0v) is 16.4. The number of sulfone groups is 1. The third kappa shape index (κ3) is 3.69. The van der Waals surface area contributed by atoms with Crippen LogP contribution in [0.5, 0.6) is 5.75 Å². The van der Waals surface area contributed by atoms with Crippen LogP contribution >= 0.6 is 0 Å². The minimum atomic E-state index is -3.32. The monoisotopic (exact) mass is 385 g/mol. The molecule has 1 aromatic carbocycles. The van der Waals surface area contributed by atoms with E-state index < -0.39 is 9.84 Å². The summed E-state index contributed by atoms with van der Waals surface area (Å²) in [6.45, 7) is 3.03. The van der Waals surface area contributed by atoms with Crippen LogP contribution in [0.25, 0.3) is 5.57 Å². The Morgan fingerprint density at radius 3 is 2.85 bits per heavy atom.